The molecule has 132 valence electrons. The van der Waals surface area contributed by atoms with Crippen LogP contribution in [-0.2, 0) is 4.74 Å². The fourth-order valence-corrected chi connectivity index (χ4v) is 2.26. The van der Waals surface area contributed by atoms with Crippen molar-refractivity contribution in [3.8, 4) is 0 Å². The summed E-state index contributed by atoms with van der Waals surface area (Å²) in [6, 6.07) is 15.0. The zero-order chi connectivity index (χ0) is 17.9. The maximum Gasteiger partial charge on any atom is 0.221 e. The predicted molar refractivity (Wildman–Crippen MR) is 106 cm³/mol. The van der Waals surface area contributed by atoms with Crippen molar-refractivity contribution in [3.63, 3.8) is 0 Å². The first-order chi connectivity index (χ1) is 12.2. The molecule has 0 fully saturated rings. The van der Waals surface area contributed by atoms with E-state index in [9.17, 15) is 0 Å². The van der Waals surface area contributed by atoms with Crippen LogP contribution in [0.5, 0.6) is 0 Å². The number of rotatable bonds is 8. The number of anilines is 2. The number of nitrogens with one attached hydrogen (secondary N) is 2. The first kappa shape index (κ1) is 18.8. The summed E-state index contributed by atoms with van der Waals surface area (Å²) in [6.45, 7) is 4.01. The number of nitrogens with two attached hydrogens (primary N) is 1. The van der Waals surface area contributed by atoms with Crippen LogP contribution < -0.4 is 16.4 Å². The Morgan fingerprint density at radius 2 is 1.96 bits per heavy atom. The Kier molecular flexibility index (Phi) is 7.75. The van der Waals surface area contributed by atoms with Crippen LogP contribution in [0.25, 0.3) is 0 Å². The number of guanidine groups is 1. The number of hydrogen-bond donors (Lipinski definition) is 3. The summed E-state index contributed by atoms with van der Waals surface area (Å²) >= 11 is 6.13. The molecule has 0 bridgehead atoms. The molecule has 0 atom stereocenters. The Balaban J connectivity index is 1.93. The minimum absolute atomic E-state index is 0.163. The average molecular weight is 360 g/mol. The van der Waals surface area contributed by atoms with E-state index in [0.29, 0.717) is 24.8 Å². The molecule has 2 aromatic rings. The third-order valence-electron chi connectivity index (χ3n) is 3.11. The third-order valence-corrected chi connectivity index (χ3v) is 3.32. The van der Waals surface area contributed by atoms with Gasteiger partial charge in [0.15, 0.2) is 0 Å². The Bertz CT molecular complexity index is 719. The molecule has 6 nitrogen and oxygen atoms in total. The standard InChI is InChI=1S/C18H22ClN5O/c1-2-25-9-8-21-16-10-14(19)11-17(12-16)22-13-23-18(20)24-15-6-4-3-5-7-15/h3-7,10-13,21H,2,8-9H2,1H3,(H3,20,22,23,24). The molecule has 2 aromatic carbocycles. The van der Waals surface area contributed by atoms with Gasteiger partial charge >= 0.3 is 0 Å². The molecule has 0 radical (unpaired) electrons. The highest BCUT2D eigenvalue weighted by molar-refractivity contribution is 6.31. The van der Waals surface area contributed by atoms with Gasteiger partial charge in [-0.25, -0.2) is 9.98 Å². The van der Waals surface area contributed by atoms with E-state index in [0.717, 1.165) is 17.1 Å². The molecule has 0 aliphatic heterocycles. The number of para-hydroxylation sites is 1. The largest absolute Gasteiger partial charge is 0.383 e. The monoisotopic (exact) mass is 359 g/mol. The number of halogens is 1. The van der Waals surface area contributed by atoms with E-state index >= 15 is 0 Å². The van der Waals surface area contributed by atoms with Crippen molar-refractivity contribution in [3.05, 3.63) is 53.6 Å². The number of aliphatic imine (C=N–C) groups is 2. The van der Waals surface area contributed by atoms with Gasteiger partial charge in [0.1, 0.15) is 0 Å². The van der Waals surface area contributed by atoms with Crippen LogP contribution in [0.2, 0.25) is 5.02 Å². The summed E-state index contributed by atoms with van der Waals surface area (Å²) in [7, 11) is 0. The Hall–Kier alpha value is -2.57. The van der Waals surface area contributed by atoms with Crippen LogP contribution >= 0.6 is 11.6 Å². The van der Waals surface area contributed by atoms with Crippen LogP contribution in [0.3, 0.4) is 0 Å². The first-order valence-corrected chi connectivity index (χ1v) is 8.35. The number of nitrogens with zero attached hydrogens (tertiary/aromatic N) is 2. The van der Waals surface area contributed by atoms with Gasteiger partial charge in [-0.2, -0.15) is 0 Å². The van der Waals surface area contributed by atoms with Gasteiger partial charge in [-0.3, -0.25) is 0 Å². The van der Waals surface area contributed by atoms with Crippen LogP contribution in [-0.4, -0.2) is 32.1 Å². The van der Waals surface area contributed by atoms with Crippen molar-refractivity contribution in [2.75, 3.05) is 30.4 Å². The van der Waals surface area contributed by atoms with Gasteiger partial charge in [-0.05, 0) is 37.3 Å². The second-order valence-corrected chi connectivity index (χ2v) is 5.50. The lowest BCUT2D eigenvalue weighted by atomic mass is 10.2. The van der Waals surface area contributed by atoms with E-state index in [1.54, 1.807) is 6.07 Å². The molecule has 0 spiro atoms. The van der Waals surface area contributed by atoms with E-state index in [4.69, 9.17) is 22.1 Å². The lowest BCUT2D eigenvalue weighted by Gasteiger charge is -2.09. The number of hydrogen-bond acceptors (Lipinski definition) is 3. The molecule has 0 aromatic heterocycles. The average Bonchev–Trinajstić information content (AvgIpc) is 2.59. The molecule has 0 aliphatic rings. The normalized spacial score (nSPS) is 11.7. The molecule has 0 saturated heterocycles. The SMILES string of the molecule is CCOCCNc1cc(Cl)cc(N/C=N\C(N)=Nc2ccccc2)c1. The van der Waals surface area contributed by atoms with Crippen LogP contribution in [0.4, 0.5) is 17.1 Å². The van der Waals surface area contributed by atoms with Gasteiger partial charge in [-0.15, -0.1) is 0 Å². The molecule has 0 saturated carbocycles. The van der Waals surface area contributed by atoms with Gasteiger partial charge in [0.25, 0.3) is 0 Å². The van der Waals surface area contributed by atoms with Gasteiger partial charge in [0, 0.05) is 29.5 Å². The van der Waals surface area contributed by atoms with E-state index in [1.807, 2.05) is 49.4 Å². The Morgan fingerprint density at radius 3 is 2.72 bits per heavy atom. The van der Waals surface area contributed by atoms with E-state index in [-0.39, 0.29) is 5.96 Å². The summed E-state index contributed by atoms with van der Waals surface area (Å²) in [5.41, 5.74) is 8.23. The highest BCUT2D eigenvalue weighted by atomic mass is 35.5. The van der Waals surface area contributed by atoms with Crippen molar-refractivity contribution < 1.29 is 4.74 Å². The first-order valence-electron chi connectivity index (χ1n) is 7.98. The second kappa shape index (κ2) is 10.3. The third kappa shape index (κ3) is 7.24. The van der Waals surface area contributed by atoms with Crippen molar-refractivity contribution in [2.24, 2.45) is 15.7 Å². The number of ether oxygens (including phenoxy) is 1. The lowest BCUT2D eigenvalue weighted by Crippen LogP contribution is -2.10. The molecular formula is C18H22ClN5O. The molecular weight excluding hydrogens is 338 g/mol. The van der Waals surface area contributed by atoms with Crippen LogP contribution in [0.1, 0.15) is 6.92 Å². The summed E-state index contributed by atoms with van der Waals surface area (Å²) in [6.07, 6.45) is 1.48. The maximum absolute atomic E-state index is 6.13. The topological polar surface area (TPSA) is 84.0 Å². The lowest BCUT2D eigenvalue weighted by molar-refractivity contribution is 0.158. The number of benzene rings is 2. The van der Waals surface area contributed by atoms with Crippen LogP contribution in [0.15, 0.2) is 58.5 Å². The van der Waals surface area contributed by atoms with Crippen molar-refractivity contribution in [2.45, 2.75) is 6.92 Å². The zero-order valence-electron chi connectivity index (χ0n) is 14.1. The smallest absolute Gasteiger partial charge is 0.221 e. The molecule has 0 amide bonds. The van der Waals surface area contributed by atoms with Gasteiger partial charge in [0.2, 0.25) is 5.96 Å². The predicted octanol–water partition coefficient (Wildman–Crippen LogP) is 3.88. The molecule has 7 heteroatoms. The molecule has 0 unspecified atom stereocenters. The van der Waals surface area contributed by atoms with Crippen molar-refractivity contribution >= 4 is 41.0 Å². The minimum atomic E-state index is 0.163. The zero-order valence-corrected chi connectivity index (χ0v) is 14.8. The molecule has 0 heterocycles. The van der Waals surface area contributed by atoms with Crippen molar-refractivity contribution in [1.82, 2.24) is 0 Å². The van der Waals surface area contributed by atoms with Gasteiger partial charge in [-0.1, -0.05) is 29.8 Å². The van der Waals surface area contributed by atoms with Gasteiger partial charge < -0.3 is 21.1 Å². The van der Waals surface area contributed by atoms with Crippen LogP contribution in [0, 0.1) is 0 Å². The molecule has 0 aliphatic carbocycles. The molecule has 2 rings (SSSR count). The quantitative estimate of drug-likeness (QED) is 0.379. The summed E-state index contributed by atoms with van der Waals surface area (Å²) in [5.74, 6) is 0.163. The minimum Gasteiger partial charge on any atom is -0.383 e. The summed E-state index contributed by atoms with van der Waals surface area (Å²) in [5, 5.41) is 6.90. The fourth-order valence-electron chi connectivity index (χ4n) is 2.02. The summed E-state index contributed by atoms with van der Waals surface area (Å²) in [4.78, 5) is 8.26. The second-order valence-electron chi connectivity index (χ2n) is 5.06. The maximum atomic E-state index is 6.13. The Morgan fingerprint density at radius 1 is 1.20 bits per heavy atom. The Labute approximate surface area is 152 Å². The van der Waals surface area contributed by atoms with E-state index < -0.39 is 0 Å². The van der Waals surface area contributed by atoms with E-state index in [2.05, 4.69) is 20.6 Å². The van der Waals surface area contributed by atoms with Crippen molar-refractivity contribution in [1.29, 1.82) is 0 Å². The highest BCUT2D eigenvalue weighted by Crippen LogP contribution is 2.22. The van der Waals surface area contributed by atoms with Gasteiger partial charge in [0.05, 0.1) is 18.6 Å². The fraction of sp³-hybridized carbons (Fsp3) is 0.222. The van der Waals surface area contributed by atoms with E-state index in [1.165, 1.54) is 6.34 Å². The molecule has 25 heavy (non-hydrogen) atoms. The summed E-state index contributed by atoms with van der Waals surface area (Å²) < 4.78 is 5.30. The molecule has 4 N–H and O–H groups in total. The highest BCUT2D eigenvalue weighted by Gasteiger charge is 1.99.